The van der Waals surface area contributed by atoms with Crippen LogP contribution in [0.15, 0.2) is 0 Å². The fourth-order valence-corrected chi connectivity index (χ4v) is 2.70. The summed E-state index contributed by atoms with van der Waals surface area (Å²) in [6.45, 7) is 5.10. The first-order chi connectivity index (χ1) is 10.0. The van der Waals surface area contributed by atoms with Crippen molar-refractivity contribution in [1.29, 1.82) is 0 Å². The minimum absolute atomic E-state index is 0.120. The molecule has 0 aliphatic carbocycles. The normalized spacial score (nSPS) is 14.6. The molecule has 0 spiro atoms. The van der Waals surface area contributed by atoms with Crippen LogP contribution in [0.5, 0.6) is 0 Å². The van der Waals surface area contributed by atoms with Crippen molar-refractivity contribution in [1.82, 2.24) is 10.0 Å². The fraction of sp³-hybridized carbons (Fsp3) is 0.846. The van der Waals surface area contributed by atoms with E-state index < -0.39 is 34.0 Å². The molecule has 0 aromatic rings. The number of methoxy groups -OCH3 is 1. The molecule has 0 bridgehead atoms. The highest BCUT2D eigenvalue weighted by Crippen LogP contribution is 2.20. The first-order valence-electron chi connectivity index (χ1n) is 7.01. The number of hydrogen-bond donors (Lipinski definition) is 3. The van der Waals surface area contributed by atoms with Gasteiger partial charge in [-0.3, -0.25) is 9.59 Å². The van der Waals surface area contributed by atoms with Gasteiger partial charge >= 0.3 is 5.97 Å². The van der Waals surface area contributed by atoms with Crippen molar-refractivity contribution in [3.05, 3.63) is 0 Å². The maximum absolute atomic E-state index is 11.9. The summed E-state index contributed by atoms with van der Waals surface area (Å²) >= 11 is 0. The molecule has 1 unspecified atom stereocenters. The molecule has 0 fully saturated rings. The van der Waals surface area contributed by atoms with Crippen molar-refractivity contribution < 1.29 is 27.9 Å². The van der Waals surface area contributed by atoms with Crippen LogP contribution in [0.2, 0.25) is 0 Å². The quantitative estimate of drug-likeness (QED) is 0.454. The molecule has 0 radical (unpaired) electrons. The van der Waals surface area contributed by atoms with Crippen molar-refractivity contribution in [2.24, 2.45) is 5.92 Å². The molecule has 0 aromatic carbocycles. The minimum atomic E-state index is -3.55. The van der Waals surface area contributed by atoms with Crippen molar-refractivity contribution in [3.8, 4) is 0 Å². The van der Waals surface area contributed by atoms with Gasteiger partial charge in [-0.25, -0.2) is 13.1 Å². The van der Waals surface area contributed by atoms with Crippen molar-refractivity contribution >= 4 is 21.9 Å². The van der Waals surface area contributed by atoms with Crippen molar-refractivity contribution in [2.45, 2.75) is 39.2 Å². The maximum atomic E-state index is 11.9. The largest absolute Gasteiger partial charge is 0.481 e. The molecule has 9 heteroatoms. The second kappa shape index (κ2) is 9.06. The lowest BCUT2D eigenvalue weighted by Gasteiger charge is -2.33. The number of rotatable bonds is 11. The Morgan fingerprint density at radius 1 is 1.32 bits per heavy atom. The highest BCUT2D eigenvalue weighted by Gasteiger charge is 2.32. The summed E-state index contributed by atoms with van der Waals surface area (Å²) in [6, 6.07) is 0. The lowest BCUT2D eigenvalue weighted by atomic mass is 9.85. The molecule has 0 rings (SSSR count). The molecular formula is C13H26N2O6S. The number of aliphatic carboxylic acids is 1. The zero-order valence-corrected chi connectivity index (χ0v) is 14.3. The van der Waals surface area contributed by atoms with Gasteiger partial charge in [0.1, 0.15) is 0 Å². The molecule has 22 heavy (non-hydrogen) atoms. The number of amides is 1. The fourth-order valence-electron chi connectivity index (χ4n) is 1.71. The molecule has 0 aromatic heterocycles. The lowest BCUT2D eigenvalue weighted by Crippen LogP contribution is -2.53. The standard InChI is InChI=1S/C13H26N2O6S/c1-10(2)13(3,8-12(17)18)15-11(16)9-14-22(19,20)7-5-6-21-4/h10,14H,5-9H2,1-4H3,(H,15,16)(H,17,18). The number of carboxylic acids is 1. The van der Waals surface area contributed by atoms with Gasteiger partial charge in [-0.1, -0.05) is 13.8 Å². The van der Waals surface area contributed by atoms with Crippen molar-refractivity contribution in [2.75, 3.05) is 26.0 Å². The summed E-state index contributed by atoms with van der Waals surface area (Å²) in [4.78, 5) is 22.8. The zero-order valence-electron chi connectivity index (χ0n) is 13.5. The van der Waals surface area contributed by atoms with Crippen LogP contribution in [-0.4, -0.2) is 57.0 Å². The number of carbonyl (C=O) groups is 2. The number of hydrogen-bond acceptors (Lipinski definition) is 5. The molecule has 1 atom stereocenters. The van der Waals surface area contributed by atoms with Gasteiger partial charge in [0.05, 0.1) is 18.7 Å². The average molecular weight is 338 g/mol. The topological polar surface area (TPSA) is 122 Å². The zero-order chi connectivity index (χ0) is 17.4. The van der Waals surface area contributed by atoms with Crippen LogP contribution in [0.25, 0.3) is 0 Å². The van der Waals surface area contributed by atoms with E-state index in [1.807, 2.05) is 0 Å². The SMILES string of the molecule is COCCCS(=O)(=O)NCC(=O)NC(C)(CC(=O)O)C(C)C. The van der Waals surface area contributed by atoms with Crippen LogP contribution < -0.4 is 10.0 Å². The van der Waals surface area contributed by atoms with Gasteiger partial charge < -0.3 is 15.2 Å². The van der Waals surface area contributed by atoms with Crippen LogP contribution in [0, 0.1) is 5.92 Å². The Balaban J connectivity index is 4.51. The Labute approximate surface area is 131 Å². The van der Waals surface area contributed by atoms with Gasteiger partial charge in [-0.15, -0.1) is 0 Å². The third kappa shape index (κ3) is 8.30. The van der Waals surface area contributed by atoms with E-state index in [2.05, 4.69) is 10.0 Å². The highest BCUT2D eigenvalue weighted by atomic mass is 32.2. The number of carboxylic acid groups (broad SMARTS) is 1. The molecule has 130 valence electrons. The van der Waals surface area contributed by atoms with Crippen LogP contribution in [0.4, 0.5) is 0 Å². The molecule has 3 N–H and O–H groups in total. The monoisotopic (exact) mass is 338 g/mol. The second-order valence-corrected chi connectivity index (χ2v) is 7.60. The Morgan fingerprint density at radius 2 is 1.91 bits per heavy atom. The van der Waals surface area contributed by atoms with Gasteiger partial charge in [0.15, 0.2) is 0 Å². The first-order valence-corrected chi connectivity index (χ1v) is 8.66. The van der Waals surface area contributed by atoms with Crippen LogP contribution >= 0.6 is 0 Å². The van der Waals surface area contributed by atoms with E-state index in [1.54, 1.807) is 20.8 Å². The van der Waals surface area contributed by atoms with Gasteiger partial charge in [-0.2, -0.15) is 0 Å². The Hall–Kier alpha value is -1.19. The Morgan fingerprint density at radius 3 is 2.36 bits per heavy atom. The number of ether oxygens (including phenoxy) is 1. The van der Waals surface area contributed by atoms with Crippen LogP contribution in [0.1, 0.15) is 33.6 Å². The second-order valence-electron chi connectivity index (χ2n) is 5.68. The maximum Gasteiger partial charge on any atom is 0.305 e. The average Bonchev–Trinajstić information content (AvgIpc) is 2.35. The van der Waals surface area contributed by atoms with Crippen molar-refractivity contribution in [3.63, 3.8) is 0 Å². The smallest absolute Gasteiger partial charge is 0.305 e. The van der Waals surface area contributed by atoms with Gasteiger partial charge in [-0.05, 0) is 19.3 Å². The van der Waals surface area contributed by atoms with E-state index in [0.717, 1.165) is 0 Å². The molecular weight excluding hydrogens is 312 g/mol. The Bertz CT molecular complexity index is 477. The molecule has 1 amide bonds. The third-order valence-electron chi connectivity index (χ3n) is 3.43. The number of sulfonamides is 1. The summed E-state index contributed by atoms with van der Waals surface area (Å²) < 4.78 is 30.2. The molecule has 0 saturated carbocycles. The lowest BCUT2D eigenvalue weighted by molar-refractivity contribution is -0.139. The van der Waals surface area contributed by atoms with Gasteiger partial charge in [0.2, 0.25) is 15.9 Å². The van der Waals surface area contributed by atoms with Crippen LogP contribution in [-0.2, 0) is 24.3 Å². The molecule has 8 nitrogen and oxygen atoms in total. The van der Waals surface area contributed by atoms with E-state index in [1.165, 1.54) is 7.11 Å². The van der Waals surface area contributed by atoms with Crippen LogP contribution in [0.3, 0.4) is 0 Å². The summed E-state index contributed by atoms with van der Waals surface area (Å²) in [5.74, 6) is -1.85. The minimum Gasteiger partial charge on any atom is -0.481 e. The van der Waals surface area contributed by atoms with Gasteiger partial charge in [0.25, 0.3) is 0 Å². The molecule has 0 saturated heterocycles. The molecule has 0 aliphatic rings. The predicted molar refractivity (Wildman–Crippen MR) is 81.9 cm³/mol. The summed E-state index contributed by atoms with van der Waals surface area (Å²) in [6.07, 6.45) is 0.0904. The predicted octanol–water partition coefficient (Wildman–Crippen LogP) is -0.0521. The van der Waals surface area contributed by atoms with E-state index in [-0.39, 0.29) is 18.1 Å². The number of nitrogens with one attached hydrogen (secondary N) is 2. The molecule has 0 aliphatic heterocycles. The summed E-state index contributed by atoms with van der Waals surface area (Å²) in [5, 5.41) is 11.5. The Kier molecular flexibility index (Phi) is 8.57. The van der Waals surface area contributed by atoms with E-state index in [9.17, 15) is 18.0 Å². The molecule has 0 heterocycles. The van der Waals surface area contributed by atoms with E-state index in [0.29, 0.717) is 13.0 Å². The summed E-state index contributed by atoms with van der Waals surface area (Å²) in [5.41, 5.74) is -0.940. The van der Waals surface area contributed by atoms with E-state index >= 15 is 0 Å². The third-order valence-corrected chi connectivity index (χ3v) is 4.84. The summed E-state index contributed by atoms with van der Waals surface area (Å²) in [7, 11) is -2.08. The van der Waals surface area contributed by atoms with Gasteiger partial charge in [0, 0.05) is 19.3 Å². The highest BCUT2D eigenvalue weighted by molar-refractivity contribution is 7.89. The van der Waals surface area contributed by atoms with E-state index in [4.69, 9.17) is 9.84 Å². The first kappa shape index (κ1) is 20.8. The number of carbonyl (C=O) groups excluding carboxylic acids is 1.